The molecule has 4 heteroatoms. The SMILES string of the molecule is Oc1cnc2ccc(Oc3cccc(Cl)c3)cc2c1. The van der Waals surface area contributed by atoms with Crippen molar-refractivity contribution < 1.29 is 9.84 Å². The van der Waals surface area contributed by atoms with Gasteiger partial charge < -0.3 is 9.84 Å². The maximum absolute atomic E-state index is 9.43. The van der Waals surface area contributed by atoms with Crippen LogP contribution in [0, 0.1) is 0 Å². The fraction of sp³-hybridized carbons (Fsp3) is 0. The first-order valence-corrected chi connectivity index (χ1v) is 6.11. The van der Waals surface area contributed by atoms with Gasteiger partial charge in [-0.2, -0.15) is 0 Å². The summed E-state index contributed by atoms with van der Waals surface area (Å²) in [5, 5.41) is 10.9. The third-order valence-electron chi connectivity index (χ3n) is 2.67. The third kappa shape index (κ3) is 2.61. The first-order chi connectivity index (χ1) is 9.20. The van der Waals surface area contributed by atoms with Crippen LogP contribution in [0.1, 0.15) is 0 Å². The highest BCUT2D eigenvalue weighted by atomic mass is 35.5. The summed E-state index contributed by atoms with van der Waals surface area (Å²) in [4.78, 5) is 4.12. The number of halogens is 1. The molecular formula is C15H10ClNO2. The number of benzene rings is 2. The van der Waals surface area contributed by atoms with Gasteiger partial charge in [-0.3, -0.25) is 4.98 Å². The Morgan fingerprint density at radius 3 is 2.68 bits per heavy atom. The molecule has 0 amide bonds. The lowest BCUT2D eigenvalue weighted by molar-refractivity contribution is 0.473. The molecule has 1 aromatic heterocycles. The molecule has 1 heterocycles. The quantitative estimate of drug-likeness (QED) is 0.752. The number of rotatable bonds is 2. The molecule has 0 fully saturated rings. The zero-order valence-electron chi connectivity index (χ0n) is 9.88. The Morgan fingerprint density at radius 1 is 1.00 bits per heavy atom. The average Bonchev–Trinajstić information content (AvgIpc) is 2.38. The minimum absolute atomic E-state index is 0.132. The van der Waals surface area contributed by atoms with E-state index in [9.17, 15) is 5.11 Å². The van der Waals surface area contributed by atoms with Gasteiger partial charge >= 0.3 is 0 Å². The summed E-state index contributed by atoms with van der Waals surface area (Å²) in [6.07, 6.45) is 1.42. The molecule has 94 valence electrons. The van der Waals surface area contributed by atoms with Crippen molar-refractivity contribution in [2.24, 2.45) is 0 Å². The molecule has 0 atom stereocenters. The lowest BCUT2D eigenvalue weighted by Gasteiger charge is -2.07. The van der Waals surface area contributed by atoms with Gasteiger partial charge in [-0.15, -0.1) is 0 Å². The molecule has 0 aliphatic rings. The van der Waals surface area contributed by atoms with Crippen LogP contribution >= 0.6 is 11.6 Å². The van der Waals surface area contributed by atoms with Gasteiger partial charge in [-0.1, -0.05) is 17.7 Å². The first kappa shape index (κ1) is 11.8. The van der Waals surface area contributed by atoms with E-state index in [0.29, 0.717) is 16.5 Å². The monoisotopic (exact) mass is 271 g/mol. The van der Waals surface area contributed by atoms with E-state index in [2.05, 4.69) is 4.98 Å². The van der Waals surface area contributed by atoms with Gasteiger partial charge in [-0.05, 0) is 42.5 Å². The fourth-order valence-corrected chi connectivity index (χ4v) is 2.01. The Kier molecular flexibility index (Phi) is 2.97. The van der Waals surface area contributed by atoms with Crippen LogP contribution in [0.4, 0.5) is 0 Å². The van der Waals surface area contributed by atoms with Crippen LogP contribution < -0.4 is 4.74 Å². The maximum Gasteiger partial charge on any atom is 0.134 e. The molecule has 0 aliphatic heterocycles. The number of hydrogen-bond acceptors (Lipinski definition) is 3. The van der Waals surface area contributed by atoms with Crippen molar-refractivity contribution in [3.05, 3.63) is 59.8 Å². The number of aromatic hydroxyl groups is 1. The zero-order valence-corrected chi connectivity index (χ0v) is 10.6. The Balaban J connectivity index is 1.97. The number of aromatic nitrogens is 1. The lowest BCUT2D eigenvalue weighted by atomic mass is 10.2. The molecule has 0 saturated heterocycles. The maximum atomic E-state index is 9.43. The van der Waals surface area contributed by atoms with Gasteiger partial charge in [0.1, 0.15) is 17.2 Å². The molecule has 3 aromatic rings. The van der Waals surface area contributed by atoms with Crippen LogP contribution in [0.25, 0.3) is 10.9 Å². The summed E-state index contributed by atoms with van der Waals surface area (Å²) in [5.74, 6) is 1.47. The molecule has 0 saturated carbocycles. The Bertz CT molecular complexity index is 743. The zero-order chi connectivity index (χ0) is 13.2. The second-order valence-corrected chi connectivity index (χ2v) is 4.54. The van der Waals surface area contributed by atoms with Gasteiger partial charge in [-0.25, -0.2) is 0 Å². The van der Waals surface area contributed by atoms with E-state index in [0.717, 1.165) is 10.9 Å². The van der Waals surface area contributed by atoms with Gasteiger partial charge in [0.15, 0.2) is 0 Å². The standard InChI is InChI=1S/C15H10ClNO2/c16-11-2-1-3-13(8-11)19-14-4-5-15-10(7-14)6-12(18)9-17-15/h1-9,18H. The van der Waals surface area contributed by atoms with Crippen LogP contribution in [0.2, 0.25) is 5.02 Å². The number of pyridine rings is 1. The van der Waals surface area contributed by atoms with Crippen molar-refractivity contribution in [3.8, 4) is 17.2 Å². The molecular weight excluding hydrogens is 262 g/mol. The van der Waals surface area contributed by atoms with Crippen LogP contribution in [-0.2, 0) is 0 Å². The average molecular weight is 272 g/mol. The van der Waals surface area contributed by atoms with Gasteiger partial charge in [0.2, 0.25) is 0 Å². The van der Waals surface area contributed by atoms with Crippen LogP contribution in [0.3, 0.4) is 0 Å². The third-order valence-corrected chi connectivity index (χ3v) is 2.91. The molecule has 0 unspecified atom stereocenters. The predicted molar refractivity (Wildman–Crippen MR) is 74.9 cm³/mol. The second kappa shape index (κ2) is 4.78. The van der Waals surface area contributed by atoms with E-state index in [1.165, 1.54) is 6.20 Å². The summed E-state index contributed by atoms with van der Waals surface area (Å²) >= 11 is 5.90. The molecule has 3 rings (SSSR count). The minimum atomic E-state index is 0.132. The summed E-state index contributed by atoms with van der Waals surface area (Å²) < 4.78 is 5.71. The topological polar surface area (TPSA) is 42.4 Å². The van der Waals surface area contributed by atoms with Crippen molar-refractivity contribution >= 4 is 22.5 Å². The Labute approximate surface area is 115 Å². The van der Waals surface area contributed by atoms with Gasteiger partial charge in [0.05, 0.1) is 11.7 Å². The molecule has 0 radical (unpaired) electrons. The molecule has 19 heavy (non-hydrogen) atoms. The molecule has 0 bridgehead atoms. The van der Waals surface area contributed by atoms with E-state index in [1.54, 1.807) is 18.2 Å². The molecule has 2 aromatic carbocycles. The highest BCUT2D eigenvalue weighted by Gasteiger charge is 2.02. The van der Waals surface area contributed by atoms with E-state index in [4.69, 9.17) is 16.3 Å². The Morgan fingerprint density at radius 2 is 1.84 bits per heavy atom. The smallest absolute Gasteiger partial charge is 0.134 e. The fourth-order valence-electron chi connectivity index (χ4n) is 1.83. The highest BCUT2D eigenvalue weighted by Crippen LogP contribution is 2.27. The summed E-state index contributed by atoms with van der Waals surface area (Å²) in [6.45, 7) is 0. The van der Waals surface area contributed by atoms with E-state index < -0.39 is 0 Å². The van der Waals surface area contributed by atoms with Crippen LogP contribution in [0.15, 0.2) is 54.7 Å². The number of nitrogens with zero attached hydrogens (tertiary/aromatic N) is 1. The largest absolute Gasteiger partial charge is 0.506 e. The van der Waals surface area contributed by atoms with Gasteiger partial charge in [0.25, 0.3) is 0 Å². The normalized spacial score (nSPS) is 10.6. The van der Waals surface area contributed by atoms with E-state index in [1.807, 2.05) is 30.3 Å². The molecule has 1 N–H and O–H groups in total. The van der Waals surface area contributed by atoms with Gasteiger partial charge in [0, 0.05) is 10.4 Å². The molecule has 0 spiro atoms. The van der Waals surface area contributed by atoms with Crippen LogP contribution in [-0.4, -0.2) is 10.1 Å². The van der Waals surface area contributed by atoms with Crippen molar-refractivity contribution in [1.82, 2.24) is 4.98 Å². The highest BCUT2D eigenvalue weighted by molar-refractivity contribution is 6.30. The van der Waals surface area contributed by atoms with E-state index in [-0.39, 0.29) is 5.75 Å². The van der Waals surface area contributed by atoms with Crippen molar-refractivity contribution in [2.75, 3.05) is 0 Å². The summed E-state index contributed by atoms with van der Waals surface area (Å²) in [7, 11) is 0. The van der Waals surface area contributed by atoms with Crippen LogP contribution in [0.5, 0.6) is 17.2 Å². The molecule has 0 aliphatic carbocycles. The lowest BCUT2D eigenvalue weighted by Crippen LogP contribution is -1.85. The number of ether oxygens (including phenoxy) is 1. The van der Waals surface area contributed by atoms with Crippen molar-refractivity contribution in [3.63, 3.8) is 0 Å². The van der Waals surface area contributed by atoms with E-state index >= 15 is 0 Å². The minimum Gasteiger partial charge on any atom is -0.506 e. The summed E-state index contributed by atoms with van der Waals surface area (Å²) in [6, 6.07) is 14.3. The van der Waals surface area contributed by atoms with Crippen molar-refractivity contribution in [1.29, 1.82) is 0 Å². The van der Waals surface area contributed by atoms with Crippen molar-refractivity contribution in [2.45, 2.75) is 0 Å². The Hall–Kier alpha value is -2.26. The first-order valence-electron chi connectivity index (χ1n) is 5.73. The summed E-state index contributed by atoms with van der Waals surface area (Å²) in [5.41, 5.74) is 0.802. The molecule has 3 nitrogen and oxygen atoms in total. The second-order valence-electron chi connectivity index (χ2n) is 4.11. The predicted octanol–water partition coefficient (Wildman–Crippen LogP) is 4.39. The number of fused-ring (bicyclic) bond motifs is 1. The number of hydrogen-bond donors (Lipinski definition) is 1.